The fourth-order valence-corrected chi connectivity index (χ4v) is 0.749. The number of benzene rings is 1. The minimum Gasteiger partial charge on any atom is -0.474 e. The first kappa shape index (κ1) is 9.97. The van der Waals surface area contributed by atoms with Crippen molar-refractivity contribution in [3.8, 4) is 0 Å². The molecule has 0 radical (unpaired) electrons. The van der Waals surface area contributed by atoms with E-state index in [0.29, 0.717) is 0 Å². The lowest BCUT2D eigenvalue weighted by molar-refractivity contribution is -0.149. The van der Waals surface area contributed by atoms with Gasteiger partial charge in [-0.05, 0) is 18.2 Å². The molecule has 3 N–H and O–H groups in total. The second-order valence-corrected chi connectivity index (χ2v) is 2.39. The highest BCUT2D eigenvalue weighted by molar-refractivity contribution is 6.31. The molecule has 0 aliphatic heterocycles. The number of carbonyl (C=O) groups is 2. The van der Waals surface area contributed by atoms with Crippen LogP contribution in [-0.2, 0) is 9.59 Å². The molecule has 0 aromatic heterocycles. The van der Waals surface area contributed by atoms with E-state index in [9.17, 15) is 14.0 Å². The molecule has 5 nitrogen and oxygen atoms in total. The highest BCUT2D eigenvalue weighted by Gasteiger charge is 2.09. The smallest absolute Gasteiger partial charge is 0.396 e. The number of halogens is 1. The Kier molecular flexibility index (Phi) is 3.01. The maximum atomic E-state index is 12.6. The molecule has 1 amide bonds. The number of hydrogen-bond donors (Lipinski definition) is 3. The lowest BCUT2D eigenvalue weighted by atomic mass is 10.3. The van der Waals surface area contributed by atoms with Crippen LogP contribution in [0.25, 0.3) is 0 Å². The van der Waals surface area contributed by atoms with Crippen LogP contribution < -0.4 is 10.9 Å². The number of aliphatic carboxylic acids is 1. The highest BCUT2D eigenvalue weighted by atomic mass is 19.1. The van der Waals surface area contributed by atoms with E-state index in [0.717, 1.165) is 6.07 Å². The summed E-state index contributed by atoms with van der Waals surface area (Å²) in [5, 5.41) is 8.19. The number of carboxylic acids is 1. The van der Waals surface area contributed by atoms with Gasteiger partial charge in [-0.1, -0.05) is 6.07 Å². The number of carbonyl (C=O) groups excluding carboxylic acids is 1. The Labute approximate surface area is 78.5 Å². The zero-order valence-electron chi connectivity index (χ0n) is 6.95. The predicted molar refractivity (Wildman–Crippen MR) is 45.8 cm³/mol. The first-order valence-electron chi connectivity index (χ1n) is 3.64. The van der Waals surface area contributed by atoms with Crippen LogP contribution in [0.15, 0.2) is 24.3 Å². The van der Waals surface area contributed by atoms with E-state index in [1.165, 1.54) is 18.2 Å². The zero-order chi connectivity index (χ0) is 10.6. The lowest BCUT2D eigenvalue weighted by Gasteiger charge is -2.05. The van der Waals surface area contributed by atoms with E-state index < -0.39 is 17.7 Å². The topological polar surface area (TPSA) is 78.4 Å². The molecule has 0 spiro atoms. The molecule has 0 bridgehead atoms. The molecule has 0 aliphatic rings. The number of rotatable bonds is 2. The molecule has 0 saturated heterocycles. The van der Waals surface area contributed by atoms with E-state index in [2.05, 4.69) is 5.43 Å². The molecule has 0 unspecified atom stereocenters. The number of nitrogens with one attached hydrogen (secondary N) is 2. The van der Waals surface area contributed by atoms with Gasteiger partial charge in [-0.3, -0.25) is 15.6 Å². The van der Waals surface area contributed by atoms with Crippen molar-refractivity contribution in [2.75, 3.05) is 5.43 Å². The van der Waals surface area contributed by atoms with Crippen LogP contribution >= 0.6 is 0 Å². The van der Waals surface area contributed by atoms with Gasteiger partial charge in [0.25, 0.3) is 0 Å². The Morgan fingerprint density at radius 2 is 2.07 bits per heavy atom. The van der Waals surface area contributed by atoms with Crippen LogP contribution in [0.2, 0.25) is 0 Å². The van der Waals surface area contributed by atoms with Crippen molar-refractivity contribution in [2.24, 2.45) is 0 Å². The van der Waals surface area contributed by atoms with Crippen molar-refractivity contribution in [3.05, 3.63) is 30.1 Å². The minimum absolute atomic E-state index is 0.264. The summed E-state index contributed by atoms with van der Waals surface area (Å²) in [4.78, 5) is 20.6. The highest BCUT2D eigenvalue weighted by Crippen LogP contribution is 2.07. The van der Waals surface area contributed by atoms with Gasteiger partial charge < -0.3 is 5.11 Å². The van der Waals surface area contributed by atoms with Gasteiger partial charge in [0.15, 0.2) is 0 Å². The van der Waals surface area contributed by atoms with Gasteiger partial charge in [0, 0.05) is 0 Å². The molecule has 0 atom stereocenters. The van der Waals surface area contributed by atoms with Crippen LogP contribution in [0, 0.1) is 5.82 Å². The second kappa shape index (κ2) is 4.22. The SMILES string of the molecule is O=C(O)C(=O)NNc1cccc(F)c1. The van der Waals surface area contributed by atoms with Crippen LogP contribution in [0.4, 0.5) is 10.1 Å². The zero-order valence-corrected chi connectivity index (χ0v) is 6.95. The minimum atomic E-state index is -1.62. The average molecular weight is 198 g/mol. The Balaban J connectivity index is 2.54. The third kappa shape index (κ3) is 2.74. The largest absolute Gasteiger partial charge is 0.474 e. The number of carboxylic acid groups (broad SMARTS) is 1. The standard InChI is InChI=1S/C8H7FN2O3/c9-5-2-1-3-6(4-5)10-11-7(12)8(13)14/h1-4,10H,(H,11,12)(H,13,14). The van der Waals surface area contributed by atoms with Crippen molar-refractivity contribution in [1.29, 1.82) is 0 Å². The summed E-state index contributed by atoms with van der Waals surface area (Å²) in [6, 6.07) is 5.24. The molecule has 1 rings (SSSR count). The Morgan fingerprint density at radius 1 is 1.36 bits per heavy atom. The number of hydrogen-bond acceptors (Lipinski definition) is 3. The summed E-state index contributed by atoms with van der Waals surface area (Å²) in [6.07, 6.45) is 0. The normalized spacial score (nSPS) is 9.21. The van der Waals surface area contributed by atoms with Gasteiger partial charge in [0.1, 0.15) is 5.82 Å². The Bertz CT molecular complexity index is 367. The van der Waals surface area contributed by atoms with Crippen molar-refractivity contribution in [1.82, 2.24) is 5.43 Å². The van der Waals surface area contributed by atoms with E-state index in [-0.39, 0.29) is 5.69 Å². The van der Waals surface area contributed by atoms with Crippen molar-refractivity contribution in [3.63, 3.8) is 0 Å². The molecule has 0 heterocycles. The van der Waals surface area contributed by atoms with Crippen molar-refractivity contribution < 1.29 is 19.1 Å². The fraction of sp³-hybridized carbons (Fsp3) is 0. The first-order chi connectivity index (χ1) is 6.59. The average Bonchev–Trinajstić information content (AvgIpc) is 2.14. The maximum absolute atomic E-state index is 12.6. The van der Waals surface area contributed by atoms with Gasteiger partial charge in [0.05, 0.1) is 5.69 Å². The van der Waals surface area contributed by atoms with Gasteiger partial charge in [-0.15, -0.1) is 0 Å². The Hall–Kier alpha value is -2.11. The van der Waals surface area contributed by atoms with Gasteiger partial charge in [0.2, 0.25) is 0 Å². The van der Waals surface area contributed by atoms with Crippen LogP contribution in [-0.4, -0.2) is 17.0 Å². The molecule has 1 aromatic carbocycles. The van der Waals surface area contributed by atoms with Gasteiger partial charge in [-0.25, -0.2) is 9.18 Å². The number of anilines is 1. The molecular weight excluding hydrogens is 191 g/mol. The molecule has 6 heteroatoms. The summed E-state index contributed by atoms with van der Waals surface area (Å²) in [6.45, 7) is 0. The van der Waals surface area contributed by atoms with Crippen LogP contribution in [0.5, 0.6) is 0 Å². The van der Waals surface area contributed by atoms with Crippen LogP contribution in [0.3, 0.4) is 0 Å². The van der Waals surface area contributed by atoms with Gasteiger partial charge in [-0.2, -0.15) is 0 Å². The third-order valence-corrected chi connectivity index (χ3v) is 1.34. The molecule has 0 saturated carbocycles. The number of amides is 1. The molecular formula is C8H7FN2O3. The summed E-state index contributed by atoms with van der Waals surface area (Å²) >= 11 is 0. The summed E-state index contributed by atoms with van der Waals surface area (Å²) in [5.74, 6) is -3.32. The van der Waals surface area contributed by atoms with Gasteiger partial charge >= 0.3 is 11.9 Å². The Morgan fingerprint density at radius 3 is 2.64 bits per heavy atom. The first-order valence-corrected chi connectivity index (χ1v) is 3.64. The lowest BCUT2D eigenvalue weighted by Crippen LogP contribution is -2.35. The van der Waals surface area contributed by atoms with E-state index in [1.807, 2.05) is 5.43 Å². The fourth-order valence-electron chi connectivity index (χ4n) is 0.749. The van der Waals surface area contributed by atoms with E-state index in [4.69, 9.17) is 5.11 Å². The molecule has 1 aromatic rings. The molecule has 0 aliphatic carbocycles. The second-order valence-electron chi connectivity index (χ2n) is 2.39. The van der Waals surface area contributed by atoms with E-state index in [1.54, 1.807) is 0 Å². The predicted octanol–water partition coefficient (Wildman–Crippen LogP) is 0.353. The molecule has 0 fully saturated rings. The van der Waals surface area contributed by atoms with Crippen molar-refractivity contribution >= 4 is 17.6 Å². The molecule has 14 heavy (non-hydrogen) atoms. The quantitative estimate of drug-likeness (QED) is 0.473. The monoisotopic (exact) mass is 198 g/mol. The van der Waals surface area contributed by atoms with Crippen LogP contribution in [0.1, 0.15) is 0 Å². The summed E-state index contributed by atoms with van der Waals surface area (Å²) in [5.41, 5.74) is 4.38. The third-order valence-electron chi connectivity index (χ3n) is 1.34. The maximum Gasteiger partial charge on any atom is 0.396 e. The van der Waals surface area contributed by atoms with E-state index >= 15 is 0 Å². The summed E-state index contributed by atoms with van der Waals surface area (Å²) < 4.78 is 12.6. The molecule has 74 valence electrons. The summed E-state index contributed by atoms with van der Waals surface area (Å²) in [7, 11) is 0. The number of hydrazine groups is 1. The van der Waals surface area contributed by atoms with Crippen molar-refractivity contribution in [2.45, 2.75) is 0 Å².